The van der Waals surface area contributed by atoms with E-state index in [1.165, 1.54) is 29.8 Å². The summed E-state index contributed by atoms with van der Waals surface area (Å²) in [6, 6.07) is 15.3. The van der Waals surface area contributed by atoms with Crippen LogP contribution in [0.25, 0.3) is 16.6 Å². The summed E-state index contributed by atoms with van der Waals surface area (Å²) in [6.07, 6.45) is -1.30. The highest BCUT2D eigenvalue weighted by Gasteiger charge is 2.31. The van der Waals surface area contributed by atoms with Gasteiger partial charge in [-0.05, 0) is 86.1 Å². The van der Waals surface area contributed by atoms with Gasteiger partial charge in [-0.3, -0.25) is 5.43 Å². The van der Waals surface area contributed by atoms with Crippen LogP contribution >= 0.6 is 12.2 Å². The van der Waals surface area contributed by atoms with E-state index in [2.05, 4.69) is 44.7 Å². The lowest BCUT2D eigenvalue weighted by molar-refractivity contribution is -0.274. The zero-order valence-corrected chi connectivity index (χ0v) is 20.0. The third-order valence-electron chi connectivity index (χ3n) is 5.16. The van der Waals surface area contributed by atoms with E-state index in [1.54, 1.807) is 17.1 Å². The van der Waals surface area contributed by atoms with Crippen molar-refractivity contribution in [1.82, 2.24) is 15.2 Å². The summed E-state index contributed by atoms with van der Waals surface area (Å²) in [6.45, 7) is 6.09. The number of nitrogens with one attached hydrogen (secondary N) is 2. The molecule has 10 heteroatoms. The topological polar surface area (TPSA) is 63.5 Å². The highest BCUT2D eigenvalue weighted by Crippen LogP contribution is 2.25. The molecule has 35 heavy (non-hydrogen) atoms. The van der Waals surface area contributed by atoms with Gasteiger partial charge in [-0.2, -0.15) is 10.2 Å². The van der Waals surface area contributed by atoms with Crippen molar-refractivity contribution in [3.05, 3.63) is 83.0 Å². The molecular formula is C25H22F3N5OS. The zero-order chi connectivity index (χ0) is 25.2. The molecule has 0 radical (unpaired) electrons. The maximum Gasteiger partial charge on any atom is 0.573 e. The number of hydrogen-bond acceptors (Lipinski definition) is 4. The lowest BCUT2D eigenvalue weighted by Gasteiger charge is -2.13. The highest BCUT2D eigenvalue weighted by atomic mass is 32.1. The quantitative estimate of drug-likeness (QED) is 0.196. The largest absolute Gasteiger partial charge is 0.573 e. The summed E-state index contributed by atoms with van der Waals surface area (Å²) in [5.41, 5.74) is 9.32. The van der Waals surface area contributed by atoms with Gasteiger partial charge in [0.1, 0.15) is 5.75 Å². The fraction of sp³-hybridized carbons (Fsp3) is 0.160. The second-order valence-corrected chi connectivity index (χ2v) is 8.44. The van der Waals surface area contributed by atoms with Crippen molar-refractivity contribution < 1.29 is 17.9 Å². The highest BCUT2D eigenvalue weighted by molar-refractivity contribution is 7.80. The molecule has 6 nitrogen and oxygen atoms in total. The molecule has 0 aliphatic rings. The van der Waals surface area contributed by atoms with E-state index in [9.17, 15) is 13.2 Å². The molecule has 0 aliphatic carbocycles. The van der Waals surface area contributed by atoms with Crippen molar-refractivity contribution in [2.24, 2.45) is 5.10 Å². The van der Waals surface area contributed by atoms with Gasteiger partial charge in [0, 0.05) is 17.3 Å². The van der Waals surface area contributed by atoms with Gasteiger partial charge in [0.2, 0.25) is 0 Å². The molecule has 1 heterocycles. The summed E-state index contributed by atoms with van der Waals surface area (Å²) in [4.78, 5) is 0. The molecule has 2 N–H and O–H groups in total. The van der Waals surface area contributed by atoms with Gasteiger partial charge in [-0.1, -0.05) is 23.8 Å². The minimum atomic E-state index is -4.73. The zero-order valence-electron chi connectivity index (χ0n) is 19.1. The van der Waals surface area contributed by atoms with Gasteiger partial charge in [0.05, 0.1) is 17.4 Å². The molecule has 3 aromatic carbocycles. The number of rotatable bonds is 5. The van der Waals surface area contributed by atoms with Gasteiger partial charge in [-0.15, -0.1) is 13.2 Å². The average Bonchev–Trinajstić information content (AvgIpc) is 3.19. The number of thiocarbonyl (C=S) groups is 1. The number of anilines is 1. The Balaban J connectivity index is 1.42. The Morgan fingerprint density at radius 1 is 1.03 bits per heavy atom. The van der Waals surface area contributed by atoms with E-state index in [4.69, 9.17) is 12.2 Å². The van der Waals surface area contributed by atoms with Crippen LogP contribution in [0.3, 0.4) is 0 Å². The number of alkyl halides is 3. The van der Waals surface area contributed by atoms with E-state index in [1.807, 2.05) is 32.0 Å². The number of benzene rings is 3. The number of fused-ring (bicyclic) bond motifs is 1. The molecule has 1 aromatic heterocycles. The van der Waals surface area contributed by atoms with E-state index in [-0.39, 0.29) is 5.75 Å². The van der Waals surface area contributed by atoms with Crippen LogP contribution in [0.4, 0.5) is 18.9 Å². The summed E-state index contributed by atoms with van der Waals surface area (Å²) in [7, 11) is 0. The second-order valence-electron chi connectivity index (χ2n) is 8.03. The van der Waals surface area contributed by atoms with E-state index < -0.39 is 6.36 Å². The van der Waals surface area contributed by atoms with Crippen molar-refractivity contribution in [3.63, 3.8) is 0 Å². The molecule has 0 aliphatic heterocycles. The van der Waals surface area contributed by atoms with E-state index in [0.717, 1.165) is 33.3 Å². The number of aromatic nitrogens is 2. The number of ether oxygens (including phenoxy) is 1. The Bertz CT molecular complexity index is 1390. The lowest BCUT2D eigenvalue weighted by Crippen LogP contribution is -2.24. The first-order valence-corrected chi connectivity index (χ1v) is 11.0. The monoisotopic (exact) mass is 497 g/mol. The van der Waals surface area contributed by atoms with Crippen LogP contribution in [0.2, 0.25) is 0 Å². The predicted molar refractivity (Wildman–Crippen MR) is 135 cm³/mol. The van der Waals surface area contributed by atoms with Gasteiger partial charge in [0.25, 0.3) is 0 Å². The lowest BCUT2D eigenvalue weighted by atomic mass is 10.1. The first-order valence-electron chi connectivity index (χ1n) is 10.6. The number of hydrazone groups is 1. The third kappa shape index (κ3) is 6.15. The minimum absolute atomic E-state index is 0.288. The molecule has 0 bridgehead atoms. The summed E-state index contributed by atoms with van der Waals surface area (Å²) in [5, 5.41) is 13.1. The van der Waals surface area contributed by atoms with Crippen LogP contribution in [0.5, 0.6) is 5.75 Å². The number of halogens is 3. The third-order valence-corrected chi connectivity index (χ3v) is 5.35. The van der Waals surface area contributed by atoms with Crippen molar-refractivity contribution in [2.45, 2.75) is 27.1 Å². The van der Waals surface area contributed by atoms with E-state index in [0.29, 0.717) is 10.8 Å². The van der Waals surface area contributed by atoms with Crippen LogP contribution < -0.4 is 15.5 Å². The summed E-state index contributed by atoms with van der Waals surface area (Å²) < 4.78 is 42.6. The molecule has 180 valence electrons. The normalized spacial score (nSPS) is 11.7. The summed E-state index contributed by atoms with van der Waals surface area (Å²) in [5.74, 6) is -0.288. The Hall–Kier alpha value is -3.92. The molecule has 0 amide bonds. The first kappa shape index (κ1) is 24.2. The fourth-order valence-electron chi connectivity index (χ4n) is 3.74. The molecule has 0 unspecified atom stereocenters. The number of hydrogen-bond donors (Lipinski definition) is 2. The van der Waals surface area contributed by atoms with E-state index >= 15 is 0 Å². The minimum Gasteiger partial charge on any atom is -0.406 e. The average molecular weight is 498 g/mol. The van der Waals surface area contributed by atoms with Crippen LogP contribution in [0.15, 0.2) is 65.9 Å². The van der Waals surface area contributed by atoms with Gasteiger partial charge in [0.15, 0.2) is 5.11 Å². The van der Waals surface area contributed by atoms with Crippen LogP contribution in [0, 0.1) is 20.8 Å². The van der Waals surface area contributed by atoms with Crippen molar-refractivity contribution >= 4 is 40.1 Å². The van der Waals surface area contributed by atoms with Crippen LogP contribution in [-0.2, 0) is 0 Å². The Kier molecular flexibility index (Phi) is 6.74. The molecule has 0 atom stereocenters. The molecule has 0 saturated heterocycles. The molecule has 0 spiro atoms. The maximum atomic E-state index is 12.4. The second kappa shape index (κ2) is 9.75. The predicted octanol–water partition coefficient (Wildman–Crippen LogP) is 6.17. The summed E-state index contributed by atoms with van der Waals surface area (Å²) >= 11 is 5.36. The molecule has 4 rings (SSSR count). The van der Waals surface area contributed by atoms with Crippen molar-refractivity contribution in [1.29, 1.82) is 0 Å². The smallest absolute Gasteiger partial charge is 0.406 e. The Labute approximate surface area is 205 Å². The van der Waals surface area contributed by atoms with Crippen molar-refractivity contribution in [3.8, 4) is 11.4 Å². The standard InChI is InChI=1S/C25H22F3N5OS/c1-15-10-16(2)23(17(3)11-15)30-24(35)31-29-13-18-4-9-22-19(12-18)14-33(32-22)20-5-7-21(8-6-20)34-25(26,27)28/h4-14H,1-3H3,(H2,30,31,35)/b29-13+. The molecular weight excluding hydrogens is 475 g/mol. The SMILES string of the molecule is Cc1cc(C)c(NC(=S)N/N=C/c2ccc3nn(-c4ccc(OC(F)(F)F)cc4)cc3c2)c(C)c1. The molecule has 0 fully saturated rings. The van der Waals surface area contributed by atoms with Gasteiger partial charge < -0.3 is 10.1 Å². The first-order chi connectivity index (χ1) is 16.6. The molecule has 0 saturated carbocycles. The molecule has 4 aromatic rings. The van der Waals surface area contributed by atoms with Gasteiger partial charge in [-0.25, -0.2) is 4.68 Å². The number of aryl methyl sites for hydroxylation is 3. The Morgan fingerprint density at radius 2 is 1.71 bits per heavy atom. The van der Waals surface area contributed by atoms with Gasteiger partial charge >= 0.3 is 6.36 Å². The van der Waals surface area contributed by atoms with Crippen molar-refractivity contribution in [2.75, 3.05) is 5.32 Å². The Morgan fingerprint density at radius 3 is 2.37 bits per heavy atom. The fourth-order valence-corrected chi connectivity index (χ4v) is 3.90. The maximum absolute atomic E-state index is 12.4. The van der Waals surface area contributed by atoms with Crippen LogP contribution in [-0.4, -0.2) is 27.5 Å². The van der Waals surface area contributed by atoms with Crippen LogP contribution in [0.1, 0.15) is 22.3 Å². The number of nitrogens with zero attached hydrogens (tertiary/aromatic N) is 3.